The third kappa shape index (κ3) is 2.53. The van der Waals surface area contributed by atoms with E-state index in [4.69, 9.17) is 4.74 Å². The Balaban J connectivity index is 1.59. The summed E-state index contributed by atoms with van der Waals surface area (Å²) in [5.41, 5.74) is 2.96. The zero-order valence-corrected chi connectivity index (χ0v) is 16.6. The first-order valence-electron chi connectivity index (χ1n) is 10.3. The minimum absolute atomic E-state index is 0.0645. The molecular weight excluding hydrogens is 324 g/mol. The van der Waals surface area contributed by atoms with E-state index in [9.17, 15) is 9.59 Å². The van der Waals surface area contributed by atoms with Crippen LogP contribution in [0.4, 0.5) is 0 Å². The summed E-state index contributed by atoms with van der Waals surface area (Å²) in [5, 5.41) is 0. The lowest BCUT2D eigenvalue weighted by atomic mass is 9.47. The Morgan fingerprint density at radius 3 is 2.42 bits per heavy atom. The molecule has 0 radical (unpaired) electrons. The lowest BCUT2D eigenvalue weighted by Gasteiger charge is -2.57. The van der Waals surface area contributed by atoms with Crippen LogP contribution >= 0.6 is 0 Å². The van der Waals surface area contributed by atoms with E-state index in [1.54, 1.807) is 6.92 Å². The van der Waals surface area contributed by atoms with Crippen LogP contribution in [0, 0.1) is 28.6 Å². The van der Waals surface area contributed by atoms with Crippen LogP contribution < -0.4 is 0 Å². The molecule has 0 aromatic heterocycles. The molecule has 142 valence electrons. The van der Waals surface area contributed by atoms with Gasteiger partial charge in [-0.25, -0.2) is 0 Å². The van der Waals surface area contributed by atoms with Gasteiger partial charge >= 0.3 is 5.97 Å². The van der Waals surface area contributed by atoms with Crippen LogP contribution in [0.5, 0.6) is 0 Å². The standard InChI is InChI=1S/C23H32O3/c1-14(24)19-7-8-20-18-6-5-16-13-17(26-15(2)25)9-11-22(16,3)21(18)10-12-23(19,20)4/h5,7,17-18,20-21H,6,8-13H2,1-4H3/t17-,18-,20+,21-,22-,23+/m0/s1. The second kappa shape index (κ2) is 6.07. The lowest BCUT2D eigenvalue weighted by molar-refractivity contribution is -0.148. The summed E-state index contributed by atoms with van der Waals surface area (Å²) in [6.45, 7) is 8.05. The van der Waals surface area contributed by atoms with Gasteiger partial charge < -0.3 is 4.74 Å². The van der Waals surface area contributed by atoms with E-state index in [2.05, 4.69) is 26.0 Å². The molecule has 0 unspecified atom stereocenters. The van der Waals surface area contributed by atoms with Crippen molar-refractivity contribution < 1.29 is 14.3 Å². The maximum Gasteiger partial charge on any atom is 0.302 e. The van der Waals surface area contributed by atoms with Crippen LogP contribution in [0.1, 0.15) is 72.6 Å². The summed E-state index contributed by atoms with van der Waals surface area (Å²) >= 11 is 0. The van der Waals surface area contributed by atoms with Crippen LogP contribution in [0.2, 0.25) is 0 Å². The fourth-order valence-corrected chi connectivity index (χ4v) is 7.08. The average molecular weight is 357 g/mol. The topological polar surface area (TPSA) is 43.4 Å². The minimum Gasteiger partial charge on any atom is -0.462 e. The highest BCUT2D eigenvalue weighted by atomic mass is 16.5. The Labute approximate surface area is 157 Å². The number of fused-ring (bicyclic) bond motifs is 5. The van der Waals surface area contributed by atoms with Gasteiger partial charge in [0.1, 0.15) is 6.10 Å². The monoisotopic (exact) mass is 356 g/mol. The molecule has 0 spiro atoms. The third-order valence-electron chi connectivity index (χ3n) is 8.35. The van der Waals surface area contributed by atoms with E-state index in [0.717, 1.165) is 44.1 Å². The van der Waals surface area contributed by atoms with Crippen molar-refractivity contribution in [2.45, 2.75) is 78.7 Å². The molecule has 3 heteroatoms. The Bertz CT molecular complexity index is 702. The molecule has 0 N–H and O–H groups in total. The molecule has 0 saturated heterocycles. The van der Waals surface area contributed by atoms with Crippen LogP contribution in [0.3, 0.4) is 0 Å². The van der Waals surface area contributed by atoms with Gasteiger partial charge in [0.25, 0.3) is 0 Å². The number of rotatable bonds is 2. The summed E-state index contributed by atoms with van der Waals surface area (Å²) in [4.78, 5) is 23.5. The SMILES string of the molecule is CC(=O)O[C@H]1CC[C@@]2(C)C(=CC[C@H]3[C@H]4CC=C(C(C)=O)[C@@]4(C)CC[C@@H]32)C1. The molecule has 2 fully saturated rings. The Morgan fingerprint density at radius 1 is 1.00 bits per heavy atom. The van der Waals surface area contributed by atoms with Crippen molar-refractivity contribution in [1.29, 1.82) is 0 Å². The average Bonchev–Trinajstić information content (AvgIpc) is 2.92. The van der Waals surface area contributed by atoms with E-state index in [0.29, 0.717) is 17.8 Å². The maximum atomic E-state index is 12.2. The first-order chi connectivity index (χ1) is 12.3. The smallest absolute Gasteiger partial charge is 0.302 e. The molecule has 4 aliphatic carbocycles. The maximum absolute atomic E-state index is 12.2. The van der Waals surface area contributed by atoms with Crippen LogP contribution in [-0.4, -0.2) is 17.9 Å². The fourth-order valence-electron chi connectivity index (χ4n) is 7.08. The minimum atomic E-state index is -0.157. The third-order valence-corrected chi connectivity index (χ3v) is 8.35. The van der Waals surface area contributed by atoms with Crippen molar-refractivity contribution in [3.05, 3.63) is 23.3 Å². The van der Waals surface area contributed by atoms with Gasteiger partial charge in [-0.2, -0.15) is 0 Å². The van der Waals surface area contributed by atoms with E-state index in [1.807, 2.05) is 0 Å². The molecule has 0 aromatic rings. The molecule has 0 amide bonds. The van der Waals surface area contributed by atoms with Crippen molar-refractivity contribution in [3.63, 3.8) is 0 Å². The number of carbonyl (C=O) groups is 2. The Hall–Kier alpha value is -1.38. The highest BCUT2D eigenvalue weighted by Crippen LogP contribution is 2.65. The number of ether oxygens (including phenoxy) is 1. The largest absolute Gasteiger partial charge is 0.462 e. The second-order valence-electron chi connectivity index (χ2n) is 9.60. The van der Waals surface area contributed by atoms with E-state index in [-0.39, 0.29) is 28.7 Å². The fraction of sp³-hybridized carbons (Fsp3) is 0.739. The van der Waals surface area contributed by atoms with Crippen molar-refractivity contribution in [1.82, 2.24) is 0 Å². The summed E-state index contributed by atoms with van der Waals surface area (Å²) < 4.78 is 5.52. The highest BCUT2D eigenvalue weighted by Gasteiger charge is 2.57. The van der Waals surface area contributed by atoms with E-state index >= 15 is 0 Å². The van der Waals surface area contributed by atoms with Crippen LogP contribution in [-0.2, 0) is 14.3 Å². The summed E-state index contributed by atoms with van der Waals surface area (Å²) in [6.07, 6.45) is 12.3. The normalized spacial score (nSPS) is 44.2. The molecule has 0 heterocycles. The Kier molecular flexibility index (Phi) is 4.20. The predicted octanol–water partition coefficient (Wildman–Crippen LogP) is 5.01. The molecule has 3 nitrogen and oxygen atoms in total. The molecule has 4 rings (SSSR count). The van der Waals surface area contributed by atoms with Crippen molar-refractivity contribution >= 4 is 11.8 Å². The number of Topliss-reactive ketones (excluding diaryl/α,β-unsaturated/α-hetero) is 1. The number of hydrogen-bond acceptors (Lipinski definition) is 3. The molecule has 2 saturated carbocycles. The number of ketones is 1. The first kappa shape index (κ1) is 18.0. The molecule has 0 bridgehead atoms. The molecule has 0 aromatic carbocycles. The van der Waals surface area contributed by atoms with Gasteiger partial charge in [-0.1, -0.05) is 31.6 Å². The molecule has 4 aliphatic rings. The van der Waals surface area contributed by atoms with E-state index < -0.39 is 0 Å². The zero-order chi connectivity index (χ0) is 18.7. The lowest BCUT2D eigenvalue weighted by Crippen LogP contribution is -2.50. The molecule has 0 aliphatic heterocycles. The van der Waals surface area contributed by atoms with Gasteiger partial charge in [-0.15, -0.1) is 0 Å². The van der Waals surface area contributed by atoms with Crippen molar-refractivity contribution in [2.75, 3.05) is 0 Å². The summed E-state index contributed by atoms with van der Waals surface area (Å²) in [7, 11) is 0. The zero-order valence-electron chi connectivity index (χ0n) is 16.6. The number of carbonyl (C=O) groups excluding carboxylic acids is 2. The number of esters is 1. The molecule has 6 atom stereocenters. The van der Waals surface area contributed by atoms with Gasteiger partial charge in [-0.3, -0.25) is 9.59 Å². The van der Waals surface area contributed by atoms with Gasteiger partial charge in [0, 0.05) is 13.3 Å². The Morgan fingerprint density at radius 2 is 1.73 bits per heavy atom. The van der Waals surface area contributed by atoms with Crippen LogP contribution in [0.15, 0.2) is 23.3 Å². The second-order valence-corrected chi connectivity index (χ2v) is 9.60. The number of hydrogen-bond donors (Lipinski definition) is 0. The summed E-state index contributed by atoms with van der Waals surface area (Å²) in [6, 6.07) is 0. The quantitative estimate of drug-likeness (QED) is 0.516. The first-order valence-corrected chi connectivity index (χ1v) is 10.3. The molecule has 26 heavy (non-hydrogen) atoms. The van der Waals surface area contributed by atoms with Crippen molar-refractivity contribution in [3.8, 4) is 0 Å². The van der Waals surface area contributed by atoms with Gasteiger partial charge in [0.15, 0.2) is 5.78 Å². The van der Waals surface area contributed by atoms with Crippen molar-refractivity contribution in [2.24, 2.45) is 28.6 Å². The highest BCUT2D eigenvalue weighted by molar-refractivity contribution is 5.95. The number of allylic oxidation sites excluding steroid dienone is 3. The summed E-state index contributed by atoms with van der Waals surface area (Å²) in [5.74, 6) is 2.11. The van der Waals surface area contributed by atoms with Gasteiger partial charge in [-0.05, 0) is 79.6 Å². The molecular formula is C23H32O3. The van der Waals surface area contributed by atoms with Crippen LogP contribution in [0.25, 0.3) is 0 Å². The predicted molar refractivity (Wildman–Crippen MR) is 101 cm³/mol. The van der Waals surface area contributed by atoms with E-state index in [1.165, 1.54) is 18.9 Å². The van der Waals surface area contributed by atoms with Gasteiger partial charge in [0.05, 0.1) is 0 Å². The van der Waals surface area contributed by atoms with Gasteiger partial charge in [0.2, 0.25) is 0 Å².